The van der Waals surface area contributed by atoms with E-state index in [1.54, 1.807) is 13.0 Å². The number of hydrogen-bond donors (Lipinski definition) is 2. The van der Waals surface area contributed by atoms with Gasteiger partial charge in [-0.3, -0.25) is 4.79 Å². The van der Waals surface area contributed by atoms with Gasteiger partial charge in [0.15, 0.2) is 0 Å². The number of methoxy groups -OCH3 is 1. The second-order valence-corrected chi connectivity index (χ2v) is 7.87. The zero-order valence-corrected chi connectivity index (χ0v) is 17.6. The number of hydrogen-bond acceptors (Lipinski definition) is 6. The van der Waals surface area contributed by atoms with Gasteiger partial charge >= 0.3 is 12.1 Å². The van der Waals surface area contributed by atoms with E-state index in [0.717, 1.165) is 18.9 Å². The van der Waals surface area contributed by atoms with Gasteiger partial charge in [0.1, 0.15) is 11.5 Å². The number of nitrogens with one attached hydrogen (secondary N) is 2. The van der Waals surface area contributed by atoms with Crippen LogP contribution in [-0.2, 0) is 10.9 Å². The van der Waals surface area contributed by atoms with Gasteiger partial charge in [-0.05, 0) is 56.5 Å². The van der Waals surface area contributed by atoms with Crippen LogP contribution in [0.3, 0.4) is 0 Å². The van der Waals surface area contributed by atoms with Gasteiger partial charge < -0.3 is 15.0 Å². The fraction of sp³-hybridized carbons (Fsp3) is 0.364. The van der Waals surface area contributed by atoms with Crippen molar-refractivity contribution in [1.82, 2.24) is 15.0 Å². The number of ether oxygens (including phenoxy) is 1. The number of pyridine rings is 1. The molecule has 168 valence electrons. The molecule has 4 rings (SSSR count). The third kappa shape index (κ3) is 4.17. The van der Waals surface area contributed by atoms with E-state index in [0.29, 0.717) is 11.4 Å². The molecule has 10 heteroatoms. The van der Waals surface area contributed by atoms with E-state index in [9.17, 15) is 22.8 Å². The minimum atomic E-state index is -4.63. The zero-order chi connectivity index (χ0) is 23.2. The van der Waals surface area contributed by atoms with Crippen molar-refractivity contribution in [3.63, 3.8) is 0 Å². The molecule has 2 N–H and O–H groups in total. The van der Waals surface area contributed by atoms with Crippen molar-refractivity contribution in [2.45, 2.75) is 44.8 Å². The number of nitrogens with zero attached hydrogens (tertiary/aromatic N) is 2. The molecule has 3 aromatic rings. The smallest absolute Gasteiger partial charge is 0.416 e. The molecule has 1 aromatic carbocycles. The van der Waals surface area contributed by atoms with Gasteiger partial charge in [-0.25, -0.2) is 14.8 Å². The number of fused-ring (bicyclic) bond motifs is 1. The highest BCUT2D eigenvalue weighted by atomic mass is 19.4. The van der Waals surface area contributed by atoms with E-state index >= 15 is 0 Å². The Labute approximate surface area is 181 Å². The number of alkyl halides is 3. The lowest BCUT2D eigenvalue weighted by atomic mass is 9.98. The standard InChI is InChI=1S/C22H21F3N4O3/c1-10(26-16-6-7-17(21(31)32-3)29-19(16)12-4-5-12)13-8-14-18(9-15(13)22(23,24)25)27-11(2)28-20(14)30/h6-10,12,26H,4-5H2,1-3H3,(H,27,28,30)/t10-/m1/s1. The lowest BCUT2D eigenvalue weighted by Gasteiger charge is -2.22. The molecule has 2 aromatic heterocycles. The summed E-state index contributed by atoms with van der Waals surface area (Å²) in [4.78, 5) is 35.1. The monoisotopic (exact) mass is 446 g/mol. The average molecular weight is 446 g/mol. The normalized spacial score (nSPS) is 14.9. The van der Waals surface area contributed by atoms with Crippen molar-refractivity contribution < 1.29 is 22.7 Å². The Bertz CT molecular complexity index is 1270. The first kappa shape index (κ1) is 21.8. The van der Waals surface area contributed by atoms with Gasteiger partial charge in [-0.2, -0.15) is 13.2 Å². The summed E-state index contributed by atoms with van der Waals surface area (Å²) < 4.78 is 46.3. The van der Waals surface area contributed by atoms with Crippen LogP contribution in [0.15, 0.2) is 29.1 Å². The molecule has 0 radical (unpaired) electrons. The van der Waals surface area contributed by atoms with E-state index in [4.69, 9.17) is 4.74 Å². The molecule has 1 aliphatic rings. The summed E-state index contributed by atoms with van der Waals surface area (Å²) in [5.41, 5.74) is -0.174. The van der Waals surface area contributed by atoms with Gasteiger partial charge in [0.2, 0.25) is 0 Å². The maximum atomic E-state index is 13.9. The number of aromatic nitrogens is 3. The van der Waals surface area contributed by atoms with Crippen LogP contribution in [0.25, 0.3) is 10.9 Å². The lowest BCUT2D eigenvalue weighted by Crippen LogP contribution is -2.19. The number of aromatic amines is 1. The molecule has 0 unspecified atom stereocenters. The molecule has 7 nitrogen and oxygen atoms in total. The Hall–Kier alpha value is -3.43. The van der Waals surface area contributed by atoms with Crippen LogP contribution in [-0.4, -0.2) is 28.0 Å². The molecule has 1 fully saturated rings. The number of H-pyrrole nitrogens is 1. The van der Waals surface area contributed by atoms with Crippen molar-refractivity contribution in [3.8, 4) is 0 Å². The molecule has 0 spiro atoms. The summed E-state index contributed by atoms with van der Waals surface area (Å²) in [5, 5.41) is 3.17. The van der Waals surface area contributed by atoms with Crippen LogP contribution >= 0.6 is 0 Å². The molecule has 0 saturated heterocycles. The Kier molecular flexibility index (Phi) is 5.39. The van der Waals surface area contributed by atoms with Crippen LogP contribution in [0.2, 0.25) is 0 Å². The number of halogens is 3. The molecular weight excluding hydrogens is 425 g/mol. The highest BCUT2D eigenvalue weighted by molar-refractivity contribution is 5.87. The highest BCUT2D eigenvalue weighted by Gasteiger charge is 2.36. The third-order valence-corrected chi connectivity index (χ3v) is 5.42. The molecule has 1 aliphatic carbocycles. The number of benzene rings is 1. The first-order chi connectivity index (χ1) is 15.1. The number of aryl methyl sites for hydroxylation is 1. The summed E-state index contributed by atoms with van der Waals surface area (Å²) in [6, 6.07) is 4.42. The highest BCUT2D eigenvalue weighted by Crippen LogP contribution is 2.44. The number of esters is 1. The molecular formula is C22H21F3N4O3. The van der Waals surface area contributed by atoms with Crippen molar-refractivity contribution in [1.29, 1.82) is 0 Å². The Morgan fingerprint density at radius 2 is 1.97 bits per heavy atom. The van der Waals surface area contributed by atoms with Crippen LogP contribution < -0.4 is 10.9 Å². The summed E-state index contributed by atoms with van der Waals surface area (Å²) >= 11 is 0. The predicted octanol–water partition coefficient (Wildman–Crippen LogP) is 4.48. The lowest BCUT2D eigenvalue weighted by molar-refractivity contribution is -0.138. The third-order valence-electron chi connectivity index (χ3n) is 5.42. The molecule has 0 aliphatic heterocycles. The van der Waals surface area contributed by atoms with Crippen molar-refractivity contribution in [3.05, 3.63) is 63.0 Å². The maximum absolute atomic E-state index is 13.9. The molecule has 0 amide bonds. The summed E-state index contributed by atoms with van der Waals surface area (Å²) in [5.74, 6) is -0.217. The molecule has 32 heavy (non-hydrogen) atoms. The van der Waals surface area contributed by atoms with Crippen molar-refractivity contribution in [2.24, 2.45) is 0 Å². The van der Waals surface area contributed by atoms with Gasteiger partial charge in [-0.15, -0.1) is 0 Å². The number of carbonyl (C=O) groups excluding carboxylic acids is 1. The number of carbonyl (C=O) groups is 1. The molecule has 2 heterocycles. The second-order valence-electron chi connectivity index (χ2n) is 7.87. The zero-order valence-electron chi connectivity index (χ0n) is 17.6. The van der Waals surface area contributed by atoms with E-state index in [1.165, 1.54) is 26.2 Å². The predicted molar refractivity (Wildman–Crippen MR) is 112 cm³/mol. The first-order valence-electron chi connectivity index (χ1n) is 10.1. The Balaban J connectivity index is 1.78. The van der Waals surface area contributed by atoms with Crippen LogP contribution in [0.5, 0.6) is 0 Å². The van der Waals surface area contributed by atoms with Gasteiger partial charge in [0, 0.05) is 12.0 Å². The van der Waals surface area contributed by atoms with Crippen LogP contribution in [0.1, 0.15) is 64.9 Å². The number of anilines is 1. The van der Waals surface area contributed by atoms with Crippen LogP contribution in [0, 0.1) is 6.92 Å². The minimum absolute atomic E-state index is 0.0164. The maximum Gasteiger partial charge on any atom is 0.416 e. The fourth-order valence-electron chi connectivity index (χ4n) is 3.72. The quantitative estimate of drug-likeness (QED) is 0.561. The van der Waals surface area contributed by atoms with Crippen molar-refractivity contribution >= 4 is 22.6 Å². The summed E-state index contributed by atoms with van der Waals surface area (Å²) in [7, 11) is 1.26. The average Bonchev–Trinajstić information content (AvgIpc) is 3.57. The van der Waals surface area contributed by atoms with Crippen molar-refractivity contribution in [2.75, 3.05) is 12.4 Å². The molecule has 1 saturated carbocycles. The topological polar surface area (TPSA) is 97.0 Å². The van der Waals surface area contributed by atoms with Gasteiger partial charge in [0.05, 0.1) is 35.0 Å². The summed E-state index contributed by atoms with van der Waals surface area (Å²) in [6.45, 7) is 3.09. The summed E-state index contributed by atoms with van der Waals surface area (Å²) in [6.07, 6.45) is -2.88. The largest absolute Gasteiger partial charge is 0.464 e. The number of rotatable bonds is 5. The minimum Gasteiger partial charge on any atom is -0.464 e. The van der Waals surface area contributed by atoms with Gasteiger partial charge in [-0.1, -0.05) is 0 Å². The Morgan fingerprint density at radius 1 is 1.25 bits per heavy atom. The van der Waals surface area contributed by atoms with E-state index in [2.05, 4.69) is 20.3 Å². The van der Waals surface area contributed by atoms with E-state index in [1.807, 2.05) is 0 Å². The van der Waals surface area contributed by atoms with Crippen LogP contribution in [0.4, 0.5) is 18.9 Å². The fourth-order valence-corrected chi connectivity index (χ4v) is 3.72. The van der Waals surface area contributed by atoms with Gasteiger partial charge in [0.25, 0.3) is 5.56 Å². The second kappa shape index (κ2) is 7.92. The SMILES string of the molecule is COC(=O)c1ccc(N[C@H](C)c2cc3c(=O)[nH]c(C)nc3cc2C(F)(F)F)c(C2CC2)n1. The first-order valence-corrected chi connectivity index (χ1v) is 10.1. The van der Waals surface area contributed by atoms with E-state index in [-0.39, 0.29) is 33.9 Å². The molecule has 0 bridgehead atoms. The molecule has 1 atom stereocenters. The Morgan fingerprint density at radius 3 is 2.59 bits per heavy atom. The van der Waals surface area contributed by atoms with E-state index < -0.39 is 29.3 Å².